The molecule has 0 saturated carbocycles. The van der Waals surface area contributed by atoms with Crippen molar-refractivity contribution < 1.29 is 28.4 Å². The summed E-state index contributed by atoms with van der Waals surface area (Å²) in [6.45, 7) is 11.9. The lowest BCUT2D eigenvalue weighted by Crippen LogP contribution is -2.35. The Morgan fingerprint density at radius 2 is 0.581 bits per heavy atom. The molecule has 6 aromatic carbocycles. The van der Waals surface area contributed by atoms with Crippen molar-refractivity contribution in [1.82, 2.24) is 0 Å². The number of ether oxygens (including phenoxy) is 6. The topological polar surface area (TPSA) is 55.4 Å². The lowest BCUT2D eigenvalue weighted by Gasteiger charge is -2.38. The Morgan fingerprint density at radius 1 is 0.311 bits per heavy atom. The molecule has 74 heavy (non-hydrogen) atoms. The van der Waals surface area contributed by atoms with E-state index in [1.54, 1.807) is 0 Å². The zero-order valence-corrected chi connectivity index (χ0v) is 45.3. The average molecular weight is 997 g/mol. The minimum Gasteiger partial charge on any atom is -0.494 e. The largest absolute Gasteiger partial charge is 0.494 e. The predicted molar refractivity (Wildman–Crippen MR) is 308 cm³/mol. The Hall–Kier alpha value is -6.14. The lowest BCUT2D eigenvalue weighted by atomic mass is 9.81. The fraction of sp³-hybridized carbons (Fsp3) is 0.441. The van der Waals surface area contributed by atoms with Gasteiger partial charge in [-0.3, -0.25) is 0 Å². The first-order valence-electron chi connectivity index (χ1n) is 28.8. The van der Waals surface area contributed by atoms with Crippen molar-refractivity contribution >= 4 is 22.9 Å². The molecule has 0 aliphatic carbocycles. The summed E-state index contributed by atoms with van der Waals surface area (Å²) >= 11 is 0. The van der Waals surface area contributed by atoms with Gasteiger partial charge >= 0.3 is 0 Å². The summed E-state index contributed by atoms with van der Waals surface area (Å²) in [6, 6.07) is 42.5. The van der Waals surface area contributed by atoms with Crippen LogP contribution in [-0.2, 0) is 11.2 Å². The van der Waals surface area contributed by atoms with Crippen LogP contribution in [0, 0.1) is 0 Å². The number of benzene rings is 6. The number of fused-ring (bicyclic) bond motifs is 5. The Balaban J connectivity index is 1.10. The number of hydrogen-bond donors (Lipinski definition) is 0. The quantitative estimate of drug-likeness (QED) is 0.0393. The third-order valence-corrected chi connectivity index (χ3v) is 14.9. The third-order valence-electron chi connectivity index (χ3n) is 14.9. The first-order valence-corrected chi connectivity index (χ1v) is 28.8. The van der Waals surface area contributed by atoms with E-state index in [-0.39, 0.29) is 0 Å². The van der Waals surface area contributed by atoms with Gasteiger partial charge in [0.25, 0.3) is 0 Å². The van der Waals surface area contributed by atoms with Crippen molar-refractivity contribution in [1.29, 1.82) is 0 Å². The Morgan fingerprint density at radius 3 is 0.851 bits per heavy atom. The molecule has 0 N–H and O–H groups in total. The molecule has 0 unspecified atom stereocenters. The normalized spacial score (nSPS) is 13.9. The maximum absolute atomic E-state index is 7.39. The summed E-state index contributed by atoms with van der Waals surface area (Å²) in [5, 5.41) is 2.20. The van der Waals surface area contributed by atoms with E-state index >= 15 is 0 Å². The first kappa shape index (κ1) is 54.1. The van der Waals surface area contributed by atoms with E-state index in [2.05, 4.69) is 173 Å². The molecule has 6 nitrogen and oxygen atoms in total. The fourth-order valence-corrected chi connectivity index (χ4v) is 10.5. The zero-order chi connectivity index (χ0) is 51.3. The maximum atomic E-state index is 7.39. The fourth-order valence-electron chi connectivity index (χ4n) is 10.5. The number of unbranched alkanes of at least 4 members (excludes halogenated alkanes) is 16. The van der Waals surface area contributed by atoms with Gasteiger partial charge in [-0.05, 0) is 116 Å². The van der Waals surface area contributed by atoms with Gasteiger partial charge in [0.1, 0.15) is 34.5 Å². The van der Waals surface area contributed by atoms with Crippen LogP contribution in [0.15, 0.2) is 133 Å². The average Bonchev–Trinajstić information content (AvgIpc) is 3.46. The molecule has 6 heteroatoms. The van der Waals surface area contributed by atoms with Crippen LogP contribution in [0.3, 0.4) is 0 Å². The number of rotatable bonds is 32. The summed E-state index contributed by atoms with van der Waals surface area (Å²) in [7, 11) is 0. The highest BCUT2D eigenvalue weighted by Gasteiger charge is 2.40. The molecule has 8 rings (SSSR count). The van der Waals surface area contributed by atoms with E-state index in [0.717, 1.165) is 131 Å². The second kappa shape index (κ2) is 28.0. The van der Waals surface area contributed by atoms with Gasteiger partial charge in [-0.15, -0.1) is 0 Å². The summed E-state index contributed by atoms with van der Waals surface area (Å²) < 4.78 is 39.7. The van der Waals surface area contributed by atoms with Gasteiger partial charge < -0.3 is 28.4 Å². The smallest absolute Gasteiger partial charge is 0.178 e. The van der Waals surface area contributed by atoms with Crippen molar-refractivity contribution in [2.24, 2.45) is 0 Å². The first-order chi connectivity index (χ1) is 36.5. The Labute approximate surface area is 444 Å². The highest BCUT2D eigenvalue weighted by Crippen LogP contribution is 2.50. The summed E-state index contributed by atoms with van der Waals surface area (Å²) in [4.78, 5) is 0. The van der Waals surface area contributed by atoms with Gasteiger partial charge in [-0.25, -0.2) is 0 Å². The van der Waals surface area contributed by atoms with E-state index in [1.165, 1.54) is 103 Å². The van der Waals surface area contributed by atoms with Gasteiger partial charge in [-0.2, -0.15) is 0 Å². The van der Waals surface area contributed by atoms with Gasteiger partial charge in [0.15, 0.2) is 11.2 Å². The van der Waals surface area contributed by atoms with Crippen LogP contribution in [0.25, 0.3) is 22.9 Å². The van der Waals surface area contributed by atoms with Gasteiger partial charge in [0.05, 0.1) is 26.4 Å². The van der Waals surface area contributed by atoms with E-state index in [4.69, 9.17) is 28.4 Å². The van der Waals surface area contributed by atoms with Crippen molar-refractivity contribution in [3.63, 3.8) is 0 Å². The molecule has 0 radical (unpaired) electrons. The van der Waals surface area contributed by atoms with Crippen LogP contribution >= 0.6 is 0 Å². The molecule has 0 atom stereocenters. The van der Waals surface area contributed by atoms with E-state index in [9.17, 15) is 0 Å². The molecule has 6 aromatic rings. The van der Waals surface area contributed by atoms with Crippen LogP contribution in [0.1, 0.15) is 189 Å². The molecule has 2 aliphatic heterocycles. The van der Waals surface area contributed by atoms with Crippen molar-refractivity contribution in [3.05, 3.63) is 167 Å². The lowest BCUT2D eigenvalue weighted by molar-refractivity contribution is 0.160. The SMILES string of the molecule is CCCCCCCOc1ccc(C2(c3ccc(OCCCCCCC)cc3)C=Cc3c(ccc4ccc5c(c34)C=CC(c3ccc(OCCCCCCC)cc3)(c3ccc(OCCCCCCC)cc3)O5)O2)cc1. The molecule has 0 aromatic heterocycles. The Bertz CT molecular complexity index is 2360. The number of hydrogen-bond acceptors (Lipinski definition) is 6. The molecule has 0 bridgehead atoms. The van der Waals surface area contributed by atoms with Crippen LogP contribution in [-0.4, -0.2) is 26.4 Å². The van der Waals surface area contributed by atoms with Crippen LogP contribution in [0.5, 0.6) is 34.5 Å². The van der Waals surface area contributed by atoms with E-state index in [0.29, 0.717) is 0 Å². The van der Waals surface area contributed by atoms with Crippen molar-refractivity contribution in [3.8, 4) is 34.5 Å². The molecule has 2 heterocycles. The third kappa shape index (κ3) is 13.8. The van der Waals surface area contributed by atoms with Crippen LogP contribution in [0.2, 0.25) is 0 Å². The highest BCUT2D eigenvalue weighted by molar-refractivity contribution is 6.02. The molecule has 2 aliphatic rings. The summed E-state index contributed by atoms with van der Waals surface area (Å²) in [5.41, 5.74) is 4.34. The summed E-state index contributed by atoms with van der Waals surface area (Å²) in [5.74, 6) is 5.10. The zero-order valence-electron chi connectivity index (χ0n) is 45.3. The molecule has 0 saturated heterocycles. The minimum atomic E-state index is -0.899. The molecular weight excluding hydrogens is 913 g/mol. The predicted octanol–water partition coefficient (Wildman–Crippen LogP) is 18.9. The van der Waals surface area contributed by atoms with E-state index < -0.39 is 11.2 Å². The minimum absolute atomic E-state index is 0.718. The molecule has 0 amide bonds. The van der Waals surface area contributed by atoms with Gasteiger partial charge in [0, 0.05) is 38.8 Å². The molecular formula is C68H84O6. The maximum Gasteiger partial charge on any atom is 0.178 e. The Kier molecular flexibility index (Phi) is 20.4. The second-order valence-electron chi connectivity index (χ2n) is 20.5. The molecule has 0 spiro atoms. The van der Waals surface area contributed by atoms with Gasteiger partial charge in [-0.1, -0.05) is 191 Å². The standard InChI is InChI=1S/C68H84O6/c1-5-9-13-17-21-49-69-58-35-27-54(28-36-58)67(55-29-37-59(38-30-55)70-50-22-18-14-10-6-2)47-45-62-64(73-67)43-25-53-26-44-65-63(66(53)62)46-48-68(74-65,56-31-39-60(40-32-56)71-51-23-19-15-11-7-3)57-33-41-61(42-34-57)72-52-24-20-16-12-8-4/h25-48H,5-24,49-52H2,1-4H3. The van der Waals surface area contributed by atoms with Crippen LogP contribution in [0.4, 0.5) is 0 Å². The molecule has 0 fully saturated rings. The monoisotopic (exact) mass is 997 g/mol. The summed E-state index contributed by atoms with van der Waals surface area (Å²) in [6.07, 6.45) is 33.0. The van der Waals surface area contributed by atoms with E-state index in [1.807, 2.05) is 0 Å². The second-order valence-corrected chi connectivity index (χ2v) is 20.5. The highest BCUT2D eigenvalue weighted by atomic mass is 16.5. The molecule has 392 valence electrons. The van der Waals surface area contributed by atoms with Crippen molar-refractivity contribution in [2.75, 3.05) is 26.4 Å². The van der Waals surface area contributed by atoms with Crippen LogP contribution < -0.4 is 28.4 Å². The van der Waals surface area contributed by atoms with Crippen molar-refractivity contribution in [2.45, 2.75) is 167 Å². The van der Waals surface area contributed by atoms with Gasteiger partial charge in [0.2, 0.25) is 0 Å².